The molecule has 0 aliphatic heterocycles. The molecule has 1 N–H and O–H groups in total. The normalized spacial score (nSPS) is 12.9. The molecule has 12 heavy (non-hydrogen) atoms. The predicted octanol–water partition coefficient (Wildman–Crippen LogP) is 2.98. The van der Waals surface area contributed by atoms with Gasteiger partial charge in [0, 0.05) is 0 Å². The van der Waals surface area contributed by atoms with Gasteiger partial charge < -0.3 is 5.32 Å². The van der Waals surface area contributed by atoms with Gasteiger partial charge in [0.2, 0.25) is 0 Å². The number of rotatable bonds is 7. The maximum Gasteiger partial charge on any atom is -0.00465 e. The quantitative estimate of drug-likeness (QED) is 0.456. The molecule has 1 nitrogen and oxygen atoms in total. The van der Waals surface area contributed by atoms with Crippen molar-refractivity contribution in [2.45, 2.75) is 40.0 Å². The minimum absolute atomic E-state index is 0.834. The number of hydrogen-bond acceptors (Lipinski definition) is 1. The molecule has 0 aliphatic carbocycles. The Kier molecular flexibility index (Phi) is 7.17. The van der Waals surface area contributed by atoms with Crippen molar-refractivity contribution < 1.29 is 0 Å². The molecule has 0 spiro atoms. The summed E-state index contributed by atoms with van der Waals surface area (Å²) >= 11 is 0. The van der Waals surface area contributed by atoms with Crippen molar-refractivity contribution in [2.75, 3.05) is 13.1 Å². The van der Waals surface area contributed by atoms with E-state index in [1.54, 1.807) is 0 Å². The number of allylic oxidation sites excluding steroid dienone is 1. The molecule has 0 bridgehead atoms. The summed E-state index contributed by atoms with van der Waals surface area (Å²) in [5, 5.41) is 3.34. The first-order valence-electron chi connectivity index (χ1n) is 5.02. The minimum atomic E-state index is 0.834. The third-order valence-corrected chi connectivity index (χ3v) is 2.13. The molecule has 72 valence electrons. The fourth-order valence-electron chi connectivity index (χ4n) is 1.16. The van der Waals surface area contributed by atoms with Gasteiger partial charge in [-0.25, -0.2) is 0 Å². The van der Waals surface area contributed by atoms with Crippen LogP contribution in [0.25, 0.3) is 0 Å². The molecule has 1 heteroatoms. The van der Waals surface area contributed by atoms with E-state index in [-0.39, 0.29) is 0 Å². The Bertz CT molecular complexity index is 118. The molecule has 0 saturated carbocycles. The largest absolute Gasteiger partial charge is 0.317 e. The summed E-state index contributed by atoms with van der Waals surface area (Å²) in [5.74, 6) is 0.834. The lowest BCUT2D eigenvalue weighted by Crippen LogP contribution is -2.16. The first kappa shape index (κ1) is 11.7. The summed E-state index contributed by atoms with van der Waals surface area (Å²) in [7, 11) is 0. The van der Waals surface area contributed by atoms with Crippen LogP contribution in [0.4, 0.5) is 0 Å². The van der Waals surface area contributed by atoms with Gasteiger partial charge in [-0.2, -0.15) is 0 Å². The molecular weight excluding hydrogens is 146 g/mol. The van der Waals surface area contributed by atoms with Crippen molar-refractivity contribution >= 4 is 0 Å². The standard InChI is InChI=1S/C11H23N/c1-5-12-9-8-11(4)7-6-10(2)3/h11-12H,2,5-9H2,1,3-4H3. The van der Waals surface area contributed by atoms with Gasteiger partial charge in [-0.05, 0) is 45.2 Å². The highest BCUT2D eigenvalue weighted by Crippen LogP contribution is 2.12. The molecule has 0 amide bonds. The van der Waals surface area contributed by atoms with Crippen LogP contribution in [0.5, 0.6) is 0 Å². The van der Waals surface area contributed by atoms with E-state index in [2.05, 4.69) is 32.7 Å². The zero-order chi connectivity index (χ0) is 9.40. The Morgan fingerprint density at radius 1 is 1.42 bits per heavy atom. The fourth-order valence-corrected chi connectivity index (χ4v) is 1.16. The SMILES string of the molecule is C=C(C)CCC(C)CCNCC. The van der Waals surface area contributed by atoms with Crippen LogP contribution in [0.15, 0.2) is 12.2 Å². The molecule has 0 radical (unpaired) electrons. The van der Waals surface area contributed by atoms with Gasteiger partial charge in [-0.1, -0.05) is 19.4 Å². The van der Waals surface area contributed by atoms with Crippen LogP contribution in [0.3, 0.4) is 0 Å². The summed E-state index contributed by atoms with van der Waals surface area (Å²) in [6.07, 6.45) is 3.77. The van der Waals surface area contributed by atoms with Crippen molar-refractivity contribution in [3.05, 3.63) is 12.2 Å². The van der Waals surface area contributed by atoms with Gasteiger partial charge in [-0.3, -0.25) is 0 Å². The highest BCUT2D eigenvalue weighted by Gasteiger charge is 2.00. The molecule has 1 atom stereocenters. The van der Waals surface area contributed by atoms with Crippen LogP contribution in [-0.2, 0) is 0 Å². The topological polar surface area (TPSA) is 12.0 Å². The average Bonchev–Trinajstić information content (AvgIpc) is 2.01. The molecule has 0 aromatic heterocycles. The van der Waals surface area contributed by atoms with E-state index in [1.165, 1.54) is 24.8 Å². The Hall–Kier alpha value is -0.300. The zero-order valence-electron chi connectivity index (χ0n) is 8.82. The molecule has 0 heterocycles. The summed E-state index contributed by atoms with van der Waals surface area (Å²) < 4.78 is 0. The molecule has 0 aliphatic rings. The lowest BCUT2D eigenvalue weighted by Gasteiger charge is -2.10. The molecule has 0 aromatic rings. The van der Waals surface area contributed by atoms with Crippen molar-refractivity contribution in [2.24, 2.45) is 5.92 Å². The monoisotopic (exact) mass is 169 g/mol. The number of hydrogen-bond donors (Lipinski definition) is 1. The smallest absolute Gasteiger partial charge is 0.00465 e. The molecule has 1 unspecified atom stereocenters. The summed E-state index contributed by atoms with van der Waals surface area (Å²) in [6, 6.07) is 0. The van der Waals surface area contributed by atoms with Crippen LogP contribution in [0.2, 0.25) is 0 Å². The first-order chi connectivity index (χ1) is 5.66. The minimum Gasteiger partial charge on any atom is -0.317 e. The van der Waals surface area contributed by atoms with Crippen molar-refractivity contribution in [1.82, 2.24) is 5.32 Å². The van der Waals surface area contributed by atoms with Gasteiger partial charge in [0.05, 0.1) is 0 Å². The maximum absolute atomic E-state index is 3.91. The van der Waals surface area contributed by atoms with Crippen molar-refractivity contribution in [3.63, 3.8) is 0 Å². The molecule has 0 aromatic carbocycles. The Balaban J connectivity index is 3.21. The van der Waals surface area contributed by atoms with Crippen LogP contribution in [0, 0.1) is 5.92 Å². The highest BCUT2D eigenvalue weighted by molar-refractivity contribution is 4.87. The second-order valence-electron chi connectivity index (χ2n) is 3.74. The Morgan fingerprint density at radius 2 is 2.08 bits per heavy atom. The molecule has 0 rings (SSSR count). The zero-order valence-corrected chi connectivity index (χ0v) is 8.82. The van der Waals surface area contributed by atoms with E-state index in [0.717, 1.165) is 19.0 Å². The van der Waals surface area contributed by atoms with E-state index in [4.69, 9.17) is 0 Å². The Labute approximate surface area is 77.2 Å². The summed E-state index contributed by atoms with van der Waals surface area (Å²) in [5.41, 5.74) is 1.31. The highest BCUT2D eigenvalue weighted by atomic mass is 14.8. The van der Waals surface area contributed by atoms with E-state index in [9.17, 15) is 0 Å². The molecule has 0 saturated heterocycles. The summed E-state index contributed by atoms with van der Waals surface area (Å²) in [6.45, 7) is 12.7. The molecular formula is C11H23N. The van der Waals surface area contributed by atoms with Crippen LogP contribution in [0.1, 0.15) is 40.0 Å². The van der Waals surface area contributed by atoms with Gasteiger partial charge >= 0.3 is 0 Å². The lowest BCUT2D eigenvalue weighted by molar-refractivity contribution is 0.474. The lowest BCUT2D eigenvalue weighted by atomic mass is 9.99. The van der Waals surface area contributed by atoms with E-state index in [1.807, 2.05) is 0 Å². The number of nitrogens with one attached hydrogen (secondary N) is 1. The van der Waals surface area contributed by atoms with E-state index in [0.29, 0.717) is 0 Å². The third-order valence-electron chi connectivity index (χ3n) is 2.13. The second kappa shape index (κ2) is 7.35. The van der Waals surface area contributed by atoms with Crippen molar-refractivity contribution in [3.8, 4) is 0 Å². The van der Waals surface area contributed by atoms with E-state index < -0.39 is 0 Å². The predicted molar refractivity (Wildman–Crippen MR) is 56.4 cm³/mol. The van der Waals surface area contributed by atoms with Crippen LogP contribution >= 0.6 is 0 Å². The Morgan fingerprint density at radius 3 is 2.58 bits per heavy atom. The second-order valence-corrected chi connectivity index (χ2v) is 3.74. The fraction of sp³-hybridized carbons (Fsp3) is 0.818. The van der Waals surface area contributed by atoms with Gasteiger partial charge in [0.25, 0.3) is 0 Å². The van der Waals surface area contributed by atoms with Gasteiger partial charge in [0.1, 0.15) is 0 Å². The van der Waals surface area contributed by atoms with Crippen LogP contribution in [-0.4, -0.2) is 13.1 Å². The molecule has 0 fully saturated rings. The average molecular weight is 169 g/mol. The van der Waals surface area contributed by atoms with Crippen molar-refractivity contribution in [1.29, 1.82) is 0 Å². The first-order valence-corrected chi connectivity index (χ1v) is 5.02. The third kappa shape index (κ3) is 7.80. The van der Waals surface area contributed by atoms with Gasteiger partial charge in [-0.15, -0.1) is 6.58 Å². The van der Waals surface area contributed by atoms with E-state index >= 15 is 0 Å². The van der Waals surface area contributed by atoms with Gasteiger partial charge in [0.15, 0.2) is 0 Å². The summed E-state index contributed by atoms with van der Waals surface area (Å²) in [4.78, 5) is 0. The van der Waals surface area contributed by atoms with Crippen LogP contribution < -0.4 is 5.32 Å². The maximum atomic E-state index is 3.91.